The van der Waals surface area contributed by atoms with Gasteiger partial charge in [-0.1, -0.05) is 30.3 Å². The van der Waals surface area contributed by atoms with Crippen LogP contribution in [0.2, 0.25) is 0 Å². The van der Waals surface area contributed by atoms with Crippen LogP contribution in [-0.2, 0) is 0 Å². The maximum absolute atomic E-state index is 11.5. The van der Waals surface area contributed by atoms with Crippen molar-refractivity contribution in [2.75, 3.05) is 6.67 Å². The first-order valence-electron chi connectivity index (χ1n) is 2.92. The Bertz CT molecular complexity index is 168. The van der Waals surface area contributed by atoms with Gasteiger partial charge in [-0.15, -0.1) is 0 Å². The molecule has 0 aliphatic heterocycles. The normalized spacial score (nSPS) is 12.5. The molecule has 0 atom stereocenters. The van der Waals surface area contributed by atoms with Gasteiger partial charge in [0.25, 0.3) is 0 Å². The maximum atomic E-state index is 11.5. The average Bonchev–Trinajstić information content (AvgIpc) is 1.82. The lowest BCUT2D eigenvalue weighted by molar-refractivity contribution is 0.561. The third-order valence-electron chi connectivity index (χ3n) is 0.854. The molecule has 0 amide bonds. The highest BCUT2D eigenvalue weighted by Crippen LogP contribution is 2.04. The summed E-state index contributed by atoms with van der Waals surface area (Å²) in [6.07, 6.45) is 4.76. The summed E-state index contributed by atoms with van der Waals surface area (Å²) in [5.74, 6) is 0. The summed E-state index contributed by atoms with van der Waals surface area (Å²) in [6, 6.07) is 0. The van der Waals surface area contributed by atoms with E-state index in [1.807, 2.05) is 6.92 Å². The van der Waals surface area contributed by atoms with Gasteiger partial charge in [-0.3, -0.25) is 0 Å². The van der Waals surface area contributed by atoms with Crippen LogP contribution in [0.15, 0.2) is 35.4 Å². The molecule has 0 spiro atoms. The lowest BCUT2D eigenvalue weighted by Gasteiger charge is -1.88. The molecule has 0 heterocycles. The first kappa shape index (κ1) is 9.44. The zero-order valence-electron chi connectivity index (χ0n) is 5.90. The molecule has 0 aromatic rings. The van der Waals surface area contributed by atoms with E-state index in [0.29, 0.717) is 5.03 Å². The molecule has 0 N–H and O–H groups in total. The molecule has 0 rings (SSSR count). The summed E-state index contributed by atoms with van der Waals surface area (Å²) in [5.41, 5.74) is 0.901. The second-order valence-electron chi connectivity index (χ2n) is 1.89. The molecule has 10 heavy (non-hydrogen) atoms. The van der Waals surface area contributed by atoms with Gasteiger partial charge in [-0.05, 0) is 18.6 Å². The highest BCUT2D eigenvalue weighted by Gasteiger charge is 1.82. The van der Waals surface area contributed by atoms with Crippen LogP contribution in [0.3, 0.4) is 0 Å². The van der Waals surface area contributed by atoms with Crippen LogP contribution in [0.25, 0.3) is 0 Å². The van der Waals surface area contributed by atoms with Crippen LogP contribution in [0.4, 0.5) is 4.39 Å². The van der Waals surface area contributed by atoms with E-state index in [-0.39, 0.29) is 0 Å². The SMILES string of the molecule is C=C(Cl)/C=C(C)\C=C/CF. The second-order valence-corrected chi connectivity index (χ2v) is 2.38. The highest BCUT2D eigenvalue weighted by atomic mass is 35.5. The number of alkyl halides is 1. The predicted octanol–water partition coefficient (Wildman–Crippen LogP) is 3.21. The zero-order valence-corrected chi connectivity index (χ0v) is 6.66. The molecule has 0 aliphatic carbocycles. The first-order valence-corrected chi connectivity index (χ1v) is 3.30. The Morgan fingerprint density at radius 3 is 2.70 bits per heavy atom. The quantitative estimate of drug-likeness (QED) is 0.557. The van der Waals surface area contributed by atoms with Crippen molar-refractivity contribution in [2.24, 2.45) is 0 Å². The molecule has 0 saturated carbocycles. The third-order valence-corrected chi connectivity index (χ3v) is 0.963. The van der Waals surface area contributed by atoms with E-state index in [1.54, 1.807) is 12.2 Å². The molecule has 2 heteroatoms. The molecule has 0 nitrogen and oxygen atoms in total. The van der Waals surface area contributed by atoms with Crippen LogP contribution in [0.5, 0.6) is 0 Å². The molecule has 56 valence electrons. The van der Waals surface area contributed by atoms with Crippen molar-refractivity contribution in [3.05, 3.63) is 35.4 Å². The smallest absolute Gasteiger partial charge is 0.108 e. The average molecular weight is 161 g/mol. The van der Waals surface area contributed by atoms with E-state index in [0.717, 1.165) is 5.57 Å². The van der Waals surface area contributed by atoms with Crippen LogP contribution in [0.1, 0.15) is 6.92 Å². The molecule has 0 unspecified atom stereocenters. The summed E-state index contributed by atoms with van der Waals surface area (Å²) < 4.78 is 11.5. The fourth-order valence-corrected chi connectivity index (χ4v) is 0.698. The van der Waals surface area contributed by atoms with Crippen molar-refractivity contribution in [3.63, 3.8) is 0 Å². The molecule has 0 aromatic carbocycles. The van der Waals surface area contributed by atoms with Gasteiger partial charge < -0.3 is 0 Å². The Labute approximate surface area is 65.7 Å². The third kappa shape index (κ3) is 5.57. The van der Waals surface area contributed by atoms with Crippen molar-refractivity contribution in [2.45, 2.75) is 6.92 Å². The minimum absolute atomic E-state index is 0.445. The summed E-state index contributed by atoms with van der Waals surface area (Å²) in [6.45, 7) is 4.85. The van der Waals surface area contributed by atoms with E-state index in [2.05, 4.69) is 6.58 Å². The van der Waals surface area contributed by atoms with Crippen LogP contribution < -0.4 is 0 Å². The fraction of sp³-hybridized carbons (Fsp3) is 0.250. The van der Waals surface area contributed by atoms with Crippen molar-refractivity contribution < 1.29 is 4.39 Å². The second kappa shape index (κ2) is 5.24. The van der Waals surface area contributed by atoms with Gasteiger partial charge >= 0.3 is 0 Å². The van der Waals surface area contributed by atoms with E-state index >= 15 is 0 Å². The largest absolute Gasteiger partial charge is 0.247 e. The molecule has 0 aliphatic rings. The van der Waals surface area contributed by atoms with Crippen molar-refractivity contribution >= 4 is 11.6 Å². The van der Waals surface area contributed by atoms with Gasteiger partial charge in [-0.25, -0.2) is 4.39 Å². The van der Waals surface area contributed by atoms with Gasteiger partial charge in [0, 0.05) is 5.03 Å². The standard InChI is InChI=1S/C8H10ClF/c1-7(4-3-5-10)6-8(2)9/h3-4,6H,2,5H2,1H3/b4-3-,7-6-. The first-order chi connectivity index (χ1) is 4.66. The molecule has 0 radical (unpaired) electrons. The van der Waals surface area contributed by atoms with Crippen molar-refractivity contribution in [1.29, 1.82) is 0 Å². The lowest BCUT2D eigenvalue weighted by Crippen LogP contribution is -1.69. The van der Waals surface area contributed by atoms with Gasteiger partial charge in [-0.2, -0.15) is 0 Å². The summed E-state index contributed by atoms with van der Waals surface area (Å²) in [5, 5.41) is 0.459. The fourth-order valence-electron chi connectivity index (χ4n) is 0.526. The Morgan fingerprint density at radius 2 is 2.30 bits per heavy atom. The molecule has 0 bridgehead atoms. The van der Waals surface area contributed by atoms with Crippen LogP contribution >= 0.6 is 11.6 Å². The summed E-state index contributed by atoms with van der Waals surface area (Å²) >= 11 is 5.45. The van der Waals surface area contributed by atoms with Crippen molar-refractivity contribution in [3.8, 4) is 0 Å². The Kier molecular flexibility index (Phi) is 4.95. The minimum Gasteiger partial charge on any atom is -0.247 e. The topological polar surface area (TPSA) is 0 Å². The number of rotatable bonds is 3. The molecule has 0 aromatic heterocycles. The molecule has 0 saturated heterocycles. The van der Waals surface area contributed by atoms with Crippen LogP contribution in [-0.4, -0.2) is 6.67 Å². The van der Waals surface area contributed by atoms with Gasteiger partial charge in [0.1, 0.15) is 6.67 Å². The van der Waals surface area contributed by atoms with Crippen LogP contribution in [0, 0.1) is 0 Å². The zero-order chi connectivity index (χ0) is 7.98. The number of hydrogen-bond donors (Lipinski definition) is 0. The number of halogens is 2. The lowest BCUT2D eigenvalue weighted by atomic mass is 10.2. The molecular formula is C8H10ClF. The Hall–Kier alpha value is -0.560. The summed E-state index contributed by atoms with van der Waals surface area (Å²) in [4.78, 5) is 0. The minimum atomic E-state index is -0.445. The number of hydrogen-bond acceptors (Lipinski definition) is 0. The molecule has 0 fully saturated rings. The maximum Gasteiger partial charge on any atom is 0.108 e. The highest BCUT2D eigenvalue weighted by molar-refractivity contribution is 6.30. The molecular weight excluding hydrogens is 151 g/mol. The van der Waals surface area contributed by atoms with E-state index < -0.39 is 6.67 Å². The van der Waals surface area contributed by atoms with E-state index in [9.17, 15) is 4.39 Å². The van der Waals surface area contributed by atoms with Gasteiger partial charge in [0.2, 0.25) is 0 Å². The Balaban J connectivity index is 3.94. The van der Waals surface area contributed by atoms with Gasteiger partial charge in [0.15, 0.2) is 0 Å². The Morgan fingerprint density at radius 1 is 1.70 bits per heavy atom. The predicted molar refractivity (Wildman–Crippen MR) is 43.9 cm³/mol. The monoisotopic (exact) mass is 160 g/mol. The van der Waals surface area contributed by atoms with E-state index in [4.69, 9.17) is 11.6 Å². The van der Waals surface area contributed by atoms with Crippen molar-refractivity contribution in [1.82, 2.24) is 0 Å². The van der Waals surface area contributed by atoms with Gasteiger partial charge in [0.05, 0.1) is 0 Å². The summed E-state index contributed by atoms with van der Waals surface area (Å²) in [7, 11) is 0. The number of allylic oxidation sites excluding steroid dienone is 5. The van der Waals surface area contributed by atoms with E-state index in [1.165, 1.54) is 6.08 Å².